The number of fused-ring (bicyclic) bond motifs is 4. The van der Waals surface area contributed by atoms with Gasteiger partial charge in [0.25, 0.3) is 0 Å². The second kappa shape index (κ2) is 13.3. The summed E-state index contributed by atoms with van der Waals surface area (Å²) in [6.07, 6.45) is 2.94. The Balaban J connectivity index is 0.000000497. The number of hydrogen-bond donors (Lipinski definition) is 1. The molecule has 0 aliphatic heterocycles. The number of carbonyl (C=O) groups excluding carboxylic acids is 1. The van der Waals surface area contributed by atoms with E-state index in [1.165, 1.54) is 32.1 Å². The van der Waals surface area contributed by atoms with E-state index in [0.717, 1.165) is 66.3 Å². The first-order chi connectivity index (χ1) is 20.6. The molecule has 0 fully saturated rings. The summed E-state index contributed by atoms with van der Waals surface area (Å²) in [5.74, 6) is -1.25. The van der Waals surface area contributed by atoms with Crippen molar-refractivity contribution in [1.29, 1.82) is 5.26 Å². The monoisotopic (exact) mass is 762 g/mol. The number of pyridine rings is 1. The molecule has 1 heterocycles. The van der Waals surface area contributed by atoms with Crippen LogP contribution in [0.15, 0.2) is 90.8 Å². The Bertz CT molecular complexity index is 2120. The largest absolute Gasteiger partial charge is 0.512 e. The average molecular weight is 762 g/mol. The zero-order chi connectivity index (χ0) is 30.8. The number of aryl methyl sites for hydroxylation is 2. The number of carbonyl (C=O) groups is 1. The minimum absolute atomic E-state index is 0. The van der Waals surface area contributed by atoms with E-state index in [9.17, 15) is 18.8 Å². The van der Waals surface area contributed by atoms with Gasteiger partial charge in [-0.25, -0.2) is 8.78 Å². The molecule has 221 valence electrons. The molecule has 6 aromatic rings. The molecule has 0 saturated carbocycles. The molecule has 0 bridgehead atoms. The van der Waals surface area contributed by atoms with Crippen LogP contribution in [0.1, 0.15) is 30.5 Å². The number of aromatic nitrogens is 1. The van der Waals surface area contributed by atoms with Gasteiger partial charge in [-0.3, -0.25) is 9.78 Å². The zero-order valence-corrected chi connectivity index (χ0v) is 26.8. The third kappa shape index (κ3) is 6.43. The molecule has 1 radical (unpaired) electrons. The molecule has 0 atom stereocenters. The van der Waals surface area contributed by atoms with Gasteiger partial charge in [0.05, 0.1) is 11.8 Å². The third-order valence-corrected chi connectivity index (χ3v) is 7.24. The summed E-state index contributed by atoms with van der Waals surface area (Å²) in [6, 6.07) is 27.0. The number of aliphatic hydroxyl groups is 1. The van der Waals surface area contributed by atoms with Gasteiger partial charge < -0.3 is 5.11 Å². The average Bonchev–Trinajstić information content (AvgIpc) is 2.95. The van der Waals surface area contributed by atoms with Crippen LogP contribution in [0.5, 0.6) is 0 Å². The van der Waals surface area contributed by atoms with Crippen LogP contribution in [0.3, 0.4) is 0 Å². The van der Waals surface area contributed by atoms with Gasteiger partial charge in [-0.05, 0) is 95.3 Å². The maximum absolute atomic E-state index is 14.0. The van der Waals surface area contributed by atoms with Crippen LogP contribution in [0.25, 0.3) is 54.7 Å². The molecule has 5 aromatic carbocycles. The van der Waals surface area contributed by atoms with E-state index in [0.29, 0.717) is 11.1 Å². The molecule has 0 amide bonds. The van der Waals surface area contributed by atoms with Gasteiger partial charge in [0.1, 0.15) is 11.6 Å². The van der Waals surface area contributed by atoms with Crippen molar-refractivity contribution in [2.45, 2.75) is 27.7 Å². The van der Waals surface area contributed by atoms with Crippen LogP contribution in [0.4, 0.5) is 8.78 Å². The van der Waals surface area contributed by atoms with Crippen molar-refractivity contribution in [2.24, 2.45) is 0 Å². The molecule has 44 heavy (non-hydrogen) atoms. The number of ketones is 1. The fourth-order valence-electron chi connectivity index (χ4n) is 5.58. The Morgan fingerprint density at radius 1 is 0.886 bits per heavy atom. The summed E-state index contributed by atoms with van der Waals surface area (Å²) in [4.78, 5) is 14.7. The molecule has 4 nitrogen and oxygen atoms in total. The summed E-state index contributed by atoms with van der Waals surface area (Å²) in [5, 5.41) is 23.8. The molecule has 0 aliphatic rings. The first-order valence-corrected chi connectivity index (χ1v) is 13.6. The van der Waals surface area contributed by atoms with Crippen molar-refractivity contribution in [3.63, 3.8) is 0 Å². The van der Waals surface area contributed by atoms with Crippen LogP contribution in [0.2, 0.25) is 0 Å². The SMILES string of the molecule is CC(=O)/C=C(/C)O.Cc1cc2c(ccc3c(-c4[c-]c5ccccc5c(C#N)c4)nccc32)c(C)c1-c1cc(F)cc(F)c1.[Ir]. The standard InChI is InChI=1S/C32H19F2N2.C5H8O2.Ir/c1-18-11-30-26(19(2)31(18)21-14-24(33)16-25(34)15-21)7-8-29-28(30)9-10-36-32(29)22-12-20-5-3-4-6-27(20)23(13-22)17-35;1-4(6)3-5(2)7;/h3-11,13-16H,1-2H3;3,6H,1-2H3;/q-1;;/b;4-3-;. The Kier molecular flexibility index (Phi) is 9.69. The first kappa shape index (κ1) is 32.2. The van der Waals surface area contributed by atoms with Crippen molar-refractivity contribution < 1.29 is 38.8 Å². The maximum Gasteiger partial charge on any atom is 0.155 e. The van der Waals surface area contributed by atoms with Crippen molar-refractivity contribution in [2.75, 3.05) is 0 Å². The van der Waals surface area contributed by atoms with Crippen molar-refractivity contribution in [1.82, 2.24) is 4.98 Å². The van der Waals surface area contributed by atoms with Gasteiger partial charge in [-0.2, -0.15) is 5.26 Å². The second-order valence-corrected chi connectivity index (χ2v) is 10.4. The van der Waals surface area contributed by atoms with E-state index in [2.05, 4.69) is 23.2 Å². The third-order valence-electron chi connectivity index (χ3n) is 7.24. The normalized spacial score (nSPS) is 11.1. The molecule has 1 aromatic heterocycles. The summed E-state index contributed by atoms with van der Waals surface area (Å²) >= 11 is 0. The van der Waals surface area contributed by atoms with E-state index < -0.39 is 11.6 Å². The number of hydrogen-bond acceptors (Lipinski definition) is 4. The van der Waals surface area contributed by atoms with Gasteiger partial charge in [-0.1, -0.05) is 47.3 Å². The van der Waals surface area contributed by atoms with E-state index in [4.69, 9.17) is 5.11 Å². The molecular formula is C37H27F2IrN2O2-. The number of allylic oxidation sites excluding steroid dienone is 2. The van der Waals surface area contributed by atoms with Crippen LogP contribution < -0.4 is 0 Å². The fraction of sp³-hybridized carbons (Fsp3) is 0.108. The van der Waals surface area contributed by atoms with E-state index in [1.807, 2.05) is 62.4 Å². The van der Waals surface area contributed by atoms with Gasteiger partial charge >= 0.3 is 0 Å². The molecule has 0 saturated heterocycles. The quantitative estimate of drug-likeness (QED) is 0.0845. The van der Waals surface area contributed by atoms with Crippen LogP contribution in [0, 0.1) is 42.9 Å². The number of aliphatic hydroxyl groups excluding tert-OH is 1. The van der Waals surface area contributed by atoms with E-state index in [-0.39, 0.29) is 31.6 Å². The van der Waals surface area contributed by atoms with Crippen molar-refractivity contribution in [3.05, 3.63) is 125 Å². The fourth-order valence-corrected chi connectivity index (χ4v) is 5.58. The Morgan fingerprint density at radius 3 is 2.20 bits per heavy atom. The molecule has 6 rings (SSSR count). The molecule has 0 aliphatic carbocycles. The summed E-state index contributed by atoms with van der Waals surface area (Å²) in [5.41, 5.74) is 5.33. The number of rotatable bonds is 3. The number of benzene rings is 5. The van der Waals surface area contributed by atoms with Gasteiger partial charge in [-0.15, -0.1) is 23.6 Å². The Hall–Kier alpha value is -4.76. The maximum atomic E-state index is 14.0. The summed E-state index contributed by atoms with van der Waals surface area (Å²) in [6.45, 7) is 6.79. The second-order valence-electron chi connectivity index (χ2n) is 10.4. The number of nitrogens with zero attached hydrogens (tertiary/aromatic N) is 2. The van der Waals surface area contributed by atoms with Gasteiger partial charge in [0.15, 0.2) is 5.78 Å². The predicted molar refractivity (Wildman–Crippen MR) is 168 cm³/mol. The summed E-state index contributed by atoms with van der Waals surface area (Å²) < 4.78 is 28.0. The van der Waals surface area contributed by atoms with Crippen LogP contribution in [-0.2, 0) is 24.9 Å². The van der Waals surface area contributed by atoms with Gasteiger partial charge in [0.2, 0.25) is 0 Å². The molecule has 7 heteroatoms. The van der Waals surface area contributed by atoms with Gasteiger partial charge in [0, 0.05) is 44.1 Å². The zero-order valence-electron chi connectivity index (χ0n) is 24.4. The topological polar surface area (TPSA) is 74.0 Å². The van der Waals surface area contributed by atoms with E-state index in [1.54, 1.807) is 6.20 Å². The number of nitriles is 1. The Morgan fingerprint density at radius 2 is 1.57 bits per heavy atom. The Labute approximate surface area is 267 Å². The minimum atomic E-state index is -0.596. The van der Waals surface area contributed by atoms with Crippen molar-refractivity contribution in [3.8, 4) is 28.5 Å². The predicted octanol–water partition coefficient (Wildman–Crippen LogP) is 9.48. The molecular weight excluding hydrogens is 735 g/mol. The van der Waals surface area contributed by atoms with Crippen LogP contribution >= 0.6 is 0 Å². The molecule has 0 unspecified atom stereocenters. The first-order valence-electron chi connectivity index (χ1n) is 13.6. The molecule has 1 N–H and O–H groups in total. The van der Waals surface area contributed by atoms with Crippen molar-refractivity contribution >= 4 is 38.1 Å². The number of halogens is 2. The van der Waals surface area contributed by atoms with Crippen LogP contribution in [-0.4, -0.2) is 15.9 Å². The summed E-state index contributed by atoms with van der Waals surface area (Å²) in [7, 11) is 0. The van der Waals surface area contributed by atoms with E-state index >= 15 is 0 Å². The molecule has 0 spiro atoms. The minimum Gasteiger partial charge on any atom is -0.512 e. The smallest absolute Gasteiger partial charge is 0.155 e.